The van der Waals surface area contributed by atoms with E-state index in [0.29, 0.717) is 18.1 Å². The van der Waals surface area contributed by atoms with Gasteiger partial charge in [-0.15, -0.1) is 0 Å². The fraction of sp³-hybridized carbons (Fsp3) is 0.182. The van der Waals surface area contributed by atoms with Gasteiger partial charge in [0.25, 0.3) is 11.2 Å². The molecule has 0 bridgehead atoms. The number of nitro groups is 1. The van der Waals surface area contributed by atoms with Crippen molar-refractivity contribution in [3.8, 4) is 23.1 Å². The molecular formula is C22H19N5O5. The maximum atomic E-state index is 12.7. The third kappa shape index (κ3) is 4.79. The van der Waals surface area contributed by atoms with Crippen LogP contribution in [0.3, 0.4) is 0 Å². The minimum atomic E-state index is -1.01. The van der Waals surface area contributed by atoms with E-state index in [2.05, 4.69) is 10.4 Å². The largest absolute Gasteiger partial charge is 0.494 e. The topological polar surface area (TPSA) is 140 Å². The van der Waals surface area contributed by atoms with E-state index >= 15 is 0 Å². The van der Waals surface area contributed by atoms with Crippen molar-refractivity contribution in [3.05, 3.63) is 80.6 Å². The van der Waals surface area contributed by atoms with Gasteiger partial charge in [-0.05, 0) is 50.2 Å². The zero-order chi connectivity index (χ0) is 23.3. The molecule has 10 heteroatoms. The first-order valence-electron chi connectivity index (χ1n) is 9.66. The summed E-state index contributed by atoms with van der Waals surface area (Å²) in [6.07, 6.45) is 0. The summed E-state index contributed by atoms with van der Waals surface area (Å²) in [7, 11) is 0. The van der Waals surface area contributed by atoms with E-state index in [4.69, 9.17) is 4.74 Å². The van der Waals surface area contributed by atoms with E-state index in [1.807, 2.05) is 13.0 Å². The van der Waals surface area contributed by atoms with Crippen molar-refractivity contribution in [1.29, 1.82) is 5.26 Å². The lowest BCUT2D eigenvalue weighted by Gasteiger charge is -2.15. The van der Waals surface area contributed by atoms with E-state index < -0.39 is 22.4 Å². The summed E-state index contributed by atoms with van der Waals surface area (Å²) in [5.74, 6) is 0.0995. The number of ether oxygens (including phenoxy) is 1. The van der Waals surface area contributed by atoms with E-state index in [9.17, 15) is 25.0 Å². The number of carbonyl (C=O) groups excluding carboxylic acids is 1. The predicted molar refractivity (Wildman–Crippen MR) is 116 cm³/mol. The molecule has 0 radical (unpaired) electrons. The van der Waals surface area contributed by atoms with Gasteiger partial charge < -0.3 is 10.1 Å². The number of non-ortho nitro benzene ring substituents is 1. The Kier molecular flexibility index (Phi) is 6.60. The number of nitro benzene ring substituents is 1. The molecule has 0 aliphatic heterocycles. The number of amides is 1. The van der Waals surface area contributed by atoms with Gasteiger partial charge in [0.05, 0.1) is 28.5 Å². The fourth-order valence-electron chi connectivity index (χ4n) is 2.94. The molecule has 0 aliphatic carbocycles. The molecule has 1 aromatic heterocycles. The molecule has 0 aliphatic rings. The molecule has 0 saturated heterocycles. The standard InChI is InChI=1S/C22H19N5O5/c1-3-32-18-7-4-15(5-8-18)20-10-11-21(28)26(25-20)14(2)22(29)24-19-9-6-17(27(30)31)12-16(19)13-23/h4-12,14H,3H2,1-2H3,(H,24,29). The lowest BCUT2D eigenvalue weighted by Crippen LogP contribution is -2.33. The Morgan fingerprint density at radius 1 is 1.25 bits per heavy atom. The minimum Gasteiger partial charge on any atom is -0.494 e. The quantitative estimate of drug-likeness (QED) is 0.445. The van der Waals surface area contributed by atoms with Crippen molar-refractivity contribution in [3.63, 3.8) is 0 Å². The number of nitrogens with zero attached hydrogens (tertiary/aromatic N) is 4. The first-order chi connectivity index (χ1) is 15.3. The van der Waals surface area contributed by atoms with Crippen LogP contribution in [0.4, 0.5) is 11.4 Å². The molecule has 1 N–H and O–H groups in total. The lowest BCUT2D eigenvalue weighted by molar-refractivity contribution is -0.384. The number of aromatic nitrogens is 2. The molecule has 32 heavy (non-hydrogen) atoms. The van der Waals surface area contributed by atoms with Crippen LogP contribution in [0.1, 0.15) is 25.5 Å². The highest BCUT2D eigenvalue weighted by Crippen LogP contribution is 2.23. The molecule has 0 spiro atoms. The van der Waals surface area contributed by atoms with Crippen LogP contribution in [0.5, 0.6) is 5.75 Å². The number of hydrogen-bond acceptors (Lipinski definition) is 7. The van der Waals surface area contributed by atoms with Crippen LogP contribution in [-0.2, 0) is 4.79 Å². The third-order valence-corrected chi connectivity index (χ3v) is 4.62. The first-order valence-corrected chi connectivity index (χ1v) is 9.66. The van der Waals surface area contributed by atoms with Gasteiger partial charge in [0, 0.05) is 23.8 Å². The molecule has 3 aromatic rings. The van der Waals surface area contributed by atoms with Crippen LogP contribution in [0.2, 0.25) is 0 Å². The number of benzene rings is 2. The van der Waals surface area contributed by atoms with Crippen LogP contribution in [-0.4, -0.2) is 27.2 Å². The van der Waals surface area contributed by atoms with Gasteiger partial charge in [0.2, 0.25) is 5.91 Å². The second-order valence-electron chi connectivity index (χ2n) is 6.72. The summed E-state index contributed by atoms with van der Waals surface area (Å²) in [5.41, 5.74) is 0.506. The summed E-state index contributed by atoms with van der Waals surface area (Å²) in [5, 5.41) is 27.0. The van der Waals surface area contributed by atoms with Gasteiger partial charge in [0.15, 0.2) is 0 Å². The van der Waals surface area contributed by atoms with Crippen LogP contribution in [0.15, 0.2) is 59.4 Å². The molecule has 0 saturated carbocycles. The molecule has 162 valence electrons. The minimum absolute atomic E-state index is 0.0665. The van der Waals surface area contributed by atoms with Crippen LogP contribution >= 0.6 is 0 Å². The number of nitriles is 1. The Morgan fingerprint density at radius 3 is 2.59 bits per heavy atom. The SMILES string of the molecule is CCOc1ccc(-c2ccc(=O)n(C(C)C(=O)Nc3ccc([N+](=O)[O-])cc3C#N)n2)cc1. The van der Waals surface area contributed by atoms with E-state index in [0.717, 1.165) is 16.3 Å². The Bertz CT molecular complexity index is 1260. The molecule has 1 unspecified atom stereocenters. The molecule has 0 fully saturated rings. The summed E-state index contributed by atoms with van der Waals surface area (Å²) in [6.45, 7) is 3.91. The van der Waals surface area contributed by atoms with E-state index in [1.54, 1.807) is 30.3 Å². The maximum absolute atomic E-state index is 12.7. The Hall–Kier alpha value is -4.52. The Morgan fingerprint density at radius 2 is 1.97 bits per heavy atom. The van der Waals surface area contributed by atoms with Gasteiger partial charge in [0.1, 0.15) is 17.9 Å². The van der Waals surface area contributed by atoms with Gasteiger partial charge in [-0.25, -0.2) is 4.68 Å². The van der Waals surface area contributed by atoms with Crippen molar-refractivity contribution in [1.82, 2.24) is 9.78 Å². The maximum Gasteiger partial charge on any atom is 0.270 e. The molecule has 1 heterocycles. The zero-order valence-corrected chi connectivity index (χ0v) is 17.3. The predicted octanol–water partition coefficient (Wildman–Crippen LogP) is 3.29. The van der Waals surface area contributed by atoms with Crippen LogP contribution < -0.4 is 15.6 Å². The average molecular weight is 433 g/mol. The molecule has 1 amide bonds. The summed E-state index contributed by atoms with van der Waals surface area (Å²) in [6, 6.07) is 14.4. The number of anilines is 1. The summed E-state index contributed by atoms with van der Waals surface area (Å²) in [4.78, 5) is 35.4. The second kappa shape index (κ2) is 9.53. The van der Waals surface area contributed by atoms with Crippen molar-refractivity contribution in [2.24, 2.45) is 0 Å². The molecule has 1 atom stereocenters. The smallest absolute Gasteiger partial charge is 0.270 e. The number of nitrogens with one attached hydrogen (secondary N) is 1. The van der Waals surface area contributed by atoms with Crippen molar-refractivity contribution < 1.29 is 14.5 Å². The molecule has 2 aromatic carbocycles. The van der Waals surface area contributed by atoms with Crippen molar-refractivity contribution in [2.45, 2.75) is 19.9 Å². The van der Waals surface area contributed by atoms with Crippen molar-refractivity contribution in [2.75, 3.05) is 11.9 Å². The summed E-state index contributed by atoms with van der Waals surface area (Å²) >= 11 is 0. The van der Waals surface area contributed by atoms with E-state index in [-0.39, 0.29) is 16.9 Å². The average Bonchev–Trinajstić information content (AvgIpc) is 2.79. The Labute approximate surface area is 182 Å². The summed E-state index contributed by atoms with van der Waals surface area (Å²) < 4.78 is 6.46. The van der Waals surface area contributed by atoms with Gasteiger partial charge >= 0.3 is 0 Å². The Balaban J connectivity index is 1.86. The lowest BCUT2D eigenvalue weighted by atomic mass is 10.1. The number of rotatable bonds is 7. The van der Waals surface area contributed by atoms with Crippen LogP contribution in [0.25, 0.3) is 11.3 Å². The highest BCUT2D eigenvalue weighted by Gasteiger charge is 2.20. The molecular weight excluding hydrogens is 414 g/mol. The molecule has 3 rings (SSSR count). The van der Waals surface area contributed by atoms with Crippen LogP contribution in [0, 0.1) is 21.4 Å². The highest BCUT2D eigenvalue weighted by atomic mass is 16.6. The van der Waals surface area contributed by atoms with E-state index in [1.165, 1.54) is 25.1 Å². The fourth-order valence-corrected chi connectivity index (χ4v) is 2.94. The third-order valence-electron chi connectivity index (χ3n) is 4.62. The monoisotopic (exact) mass is 433 g/mol. The first kappa shape index (κ1) is 22.2. The van der Waals surface area contributed by atoms with Crippen molar-refractivity contribution >= 4 is 17.3 Å². The number of hydrogen-bond donors (Lipinski definition) is 1. The zero-order valence-electron chi connectivity index (χ0n) is 17.3. The van der Waals surface area contributed by atoms with Gasteiger partial charge in [-0.2, -0.15) is 10.4 Å². The highest BCUT2D eigenvalue weighted by molar-refractivity contribution is 5.94. The normalized spacial score (nSPS) is 11.3. The molecule has 10 nitrogen and oxygen atoms in total. The van der Waals surface area contributed by atoms with Gasteiger partial charge in [-0.1, -0.05) is 0 Å². The second-order valence-corrected chi connectivity index (χ2v) is 6.72. The van der Waals surface area contributed by atoms with Gasteiger partial charge in [-0.3, -0.25) is 19.7 Å². The number of carbonyl (C=O) groups is 1.